The molecular weight excluding hydrogens is 1640 g/mol. The summed E-state index contributed by atoms with van der Waals surface area (Å²) in [7, 11) is 9.84. The Morgan fingerprint density at radius 1 is 0.388 bits per heavy atom. The average Bonchev–Trinajstić information content (AvgIpc) is 0.834. The van der Waals surface area contributed by atoms with Gasteiger partial charge in [-0.3, -0.25) is 14.4 Å². The summed E-state index contributed by atoms with van der Waals surface area (Å²) in [6, 6.07) is 72.0. The molecule has 25 nitrogen and oxygen atoms in total. The van der Waals surface area contributed by atoms with Crippen LogP contribution in [-0.2, 0) is 85.1 Å². The number of aryl methyl sites for hydroxylation is 1. The van der Waals surface area contributed by atoms with E-state index in [9.17, 15) is 14.4 Å². The van der Waals surface area contributed by atoms with Crippen LogP contribution in [0.25, 0.3) is 0 Å². The zero-order chi connectivity index (χ0) is 90.5. The van der Waals surface area contributed by atoms with Crippen molar-refractivity contribution in [3.05, 3.63) is 268 Å². The second kappa shape index (κ2) is 58.8. The average molecular weight is 1780 g/mol. The fourth-order valence-corrected chi connectivity index (χ4v) is 15.6. The fourth-order valence-electron chi connectivity index (χ4n) is 15.6. The number of benzene rings is 9. The molecule has 0 saturated carbocycles. The second-order valence-electron chi connectivity index (χ2n) is 31.4. The van der Waals surface area contributed by atoms with E-state index in [-0.39, 0.29) is 42.0 Å². The summed E-state index contributed by atoms with van der Waals surface area (Å²) in [5.74, 6) is 7.02. The van der Waals surface area contributed by atoms with Gasteiger partial charge in [-0.1, -0.05) is 133 Å². The van der Waals surface area contributed by atoms with Gasteiger partial charge >= 0.3 is 5.97 Å². The van der Waals surface area contributed by atoms with E-state index in [2.05, 4.69) is 57.7 Å². The van der Waals surface area contributed by atoms with Crippen molar-refractivity contribution in [1.29, 1.82) is 0 Å². The van der Waals surface area contributed by atoms with Crippen molar-refractivity contribution in [2.75, 3.05) is 179 Å². The SMILES string of the molecule is CCOCCC(=O)N(C)c1cccc(CO[C@H]2CNCC[C@@H]2c2ccc(OCCCOCc3ccccc3OC)cc2)c1.COC(=O)CCCc1ccccc1OCCO[C@H]1CNCC[C@@H]1c1ccc(OCCCOCc2ccccc2OC)cc1.COCCNC(=O)c1ccccc1OCCO[C@H]1CNCC[C@@H]1c1ccc(OCCCOCc2ccccc2OC)cc1. The van der Waals surface area contributed by atoms with Crippen LogP contribution in [0.2, 0.25) is 0 Å². The Hall–Kier alpha value is -10.7. The number of hydrogen-bond acceptors (Lipinski definition) is 23. The van der Waals surface area contributed by atoms with Gasteiger partial charge in [0.25, 0.3) is 5.91 Å². The van der Waals surface area contributed by atoms with Gasteiger partial charge in [-0.25, -0.2) is 0 Å². The second-order valence-corrected chi connectivity index (χ2v) is 31.4. The third-order valence-electron chi connectivity index (χ3n) is 22.6. The number of ether oxygens (including phenoxy) is 17. The van der Waals surface area contributed by atoms with E-state index in [1.807, 2.05) is 177 Å². The molecule has 0 bridgehead atoms. The monoisotopic (exact) mass is 1770 g/mol. The van der Waals surface area contributed by atoms with Crippen molar-refractivity contribution in [1.82, 2.24) is 21.3 Å². The largest absolute Gasteiger partial charge is 0.496 e. The van der Waals surface area contributed by atoms with E-state index in [1.54, 1.807) is 52.5 Å². The summed E-state index contributed by atoms with van der Waals surface area (Å²) in [6.07, 6.45) is 7.81. The van der Waals surface area contributed by atoms with Gasteiger partial charge in [0.2, 0.25) is 5.91 Å². The highest BCUT2D eigenvalue weighted by atomic mass is 16.5. The highest BCUT2D eigenvalue weighted by Crippen LogP contribution is 2.35. The summed E-state index contributed by atoms with van der Waals surface area (Å²) >= 11 is 0. The number of methoxy groups -OCH3 is 5. The summed E-state index contributed by atoms with van der Waals surface area (Å²) in [6.45, 7) is 16.5. The molecule has 696 valence electrons. The predicted molar refractivity (Wildman–Crippen MR) is 500 cm³/mol. The van der Waals surface area contributed by atoms with E-state index in [4.69, 9.17) is 80.5 Å². The number of carbonyl (C=O) groups is 3. The molecule has 0 radical (unpaired) electrons. The molecule has 12 rings (SSSR count). The molecule has 2 amide bonds. The third-order valence-corrected chi connectivity index (χ3v) is 22.6. The highest BCUT2D eigenvalue weighted by molar-refractivity contribution is 5.97. The fraction of sp³-hybridized carbons (Fsp3) is 0.452. The van der Waals surface area contributed by atoms with E-state index < -0.39 is 0 Å². The molecule has 129 heavy (non-hydrogen) atoms. The number of hydrogen-bond donors (Lipinski definition) is 4. The van der Waals surface area contributed by atoms with Crippen molar-refractivity contribution < 1.29 is 94.9 Å². The van der Waals surface area contributed by atoms with Crippen LogP contribution >= 0.6 is 0 Å². The minimum absolute atomic E-state index is 0.0251. The third kappa shape index (κ3) is 35.0. The minimum atomic E-state index is -0.188. The lowest BCUT2D eigenvalue weighted by Gasteiger charge is -2.32. The molecule has 3 heterocycles. The van der Waals surface area contributed by atoms with Crippen LogP contribution in [0, 0.1) is 0 Å². The molecule has 4 N–H and O–H groups in total. The topological polar surface area (TPSA) is 259 Å². The van der Waals surface area contributed by atoms with Gasteiger partial charge in [0.05, 0.1) is 151 Å². The zero-order valence-electron chi connectivity index (χ0n) is 76.4. The molecule has 3 aliphatic rings. The maximum Gasteiger partial charge on any atom is 0.305 e. The standard InChI is InChI=1S/C35H46N2O6.C35H45NO7.C34H44N2O7/c1-4-40-22-18-35(38)37(2)30-11-7-9-27(23-30)25-43-34-24-36-19-17-32(34)28-13-15-31(16-14-28)42-21-8-20-41-26-29-10-5-6-12-33(29)39-3;1-38-32-12-5-4-10-29(32)26-40-21-8-22-41-30-17-15-27(16-18-30)31-19-20-36-25-34(31)43-24-23-42-33-13-6-3-9-28(33)11-7-14-35(37)39-2;1-38-21-18-36-34(37)30-9-4-6-11-32(30)42-22-23-43-33-24-35-17-16-29(33)26-12-14-28(15-13-26)41-20-7-19-40-25-27-8-3-5-10-31(27)39-2/h5-7,9-16,23,32,34,36H,4,8,17-22,24-26H2,1-3H3;3-6,9-10,12-13,15-18,31,34,36H,7-8,11,14,19-26H2,1-2H3;3-6,8-15,29,33,35H,7,16-25H2,1-2H3,(H,36,37)/t32-,34+;31-,34+;29-,33+/m111/s1. The number of amides is 2. The summed E-state index contributed by atoms with van der Waals surface area (Å²) in [4.78, 5) is 38.1. The number of carbonyl (C=O) groups excluding carboxylic acids is 3. The van der Waals surface area contributed by atoms with E-state index >= 15 is 0 Å². The molecule has 3 fully saturated rings. The van der Waals surface area contributed by atoms with Gasteiger partial charge in [-0.15, -0.1) is 0 Å². The van der Waals surface area contributed by atoms with Crippen LogP contribution < -0.4 is 64.1 Å². The van der Waals surface area contributed by atoms with Crippen molar-refractivity contribution in [2.45, 2.75) is 134 Å². The first-order valence-electron chi connectivity index (χ1n) is 45.4. The molecule has 6 atom stereocenters. The van der Waals surface area contributed by atoms with Crippen LogP contribution in [0.3, 0.4) is 0 Å². The van der Waals surface area contributed by atoms with Crippen LogP contribution in [0.4, 0.5) is 5.69 Å². The van der Waals surface area contributed by atoms with Crippen LogP contribution in [0.5, 0.6) is 46.0 Å². The molecule has 9 aromatic rings. The van der Waals surface area contributed by atoms with Crippen LogP contribution in [-0.4, -0.2) is 210 Å². The van der Waals surface area contributed by atoms with E-state index in [0.717, 1.165) is 164 Å². The Kier molecular flexibility index (Phi) is 45.8. The summed E-state index contributed by atoms with van der Waals surface area (Å²) in [5, 5.41) is 13.2. The van der Waals surface area contributed by atoms with Crippen molar-refractivity contribution in [3.8, 4) is 46.0 Å². The van der Waals surface area contributed by atoms with Crippen LogP contribution in [0.1, 0.15) is 137 Å². The van der Waals surface area contributed by atoms with Gasteiger partial charge in [0, 0.05) is 113 Å². The minimum Gasteiger partial charge on any atom is -0.496 e. The molecule has 0 aromatic heterocycles. The number of para-hydroxylation sites is 5. The molecule has 9 aromatic carbocycles. The maximum atomic E-state index is 12.5. The smallest absolute Gasteiger partial charge is 0.305 e. The van der Waals surface area contributed by atoms with Gasteiger partial charge in [0.1, 0.15) is 59.2 Å². The lowest BCUT2D eigenvalue weighted by atomic mass is 9.87. The maximum absolute atomic E-state index is 12.5. The molecular formula is C104H135N5O20. The predicted octanol–water partition coefficient (Wildman–Crippen LogP) is 16.0. The Labute approximate surface area is 763 Å². The Bertz CT molecular complexity index is 4640. The highest BCUT2D eigenvalue weighted by Gasteiger charge is 2.31. The van der Waals surface area contributed by atoms with Crippen molar-refractivity contribution in [3.63, 3.8) is 0 Å². The quantitative estimate of drug-likeness (QED) is 0.0204. The van der Waals surface area contributed by atoms with Crippen molar-refractivity contribution >= 4 is 23.5 Å². The number of anilines is 1. The Morgan fingerprint density at radius 2 is 0.814 bits per heavy atom. The summed E-state index contributed by atoms with van der Waals surface area (Å²) in [5.41, 5.74) is 10.4. The number of nitrogens with zero attached hydrogens (tertiary/aromatic N) is 1. The number of nitrogens with one attached hydrogen (secondary N) is 4. The normalized spacial score (nSPS) is 16.5. The Balaban J connectivity index is 0.000000201. The lowest BCUT2D eigenvalue weighted by molar-refractivity contribution is -0.140. The van der Waals surface area contributed by atoms with Gasteiger partial charge in [0.15, 0.2) is 0 Å². The van der Waals surface area contributed by atoms with Gasteiger partial charge in [-0.05, 0) is 171 Å². The van der Waals surface area contributed by atoms with Crippen LogP contribution in [0.15, 0.2) is 218 Å². The first-order valence-corrected chi connectivity index (χ1v) is 45.4. The first kappa shape index (κ1) is 100. The number of piperidine rings is 3. The molecule has 3 aliphatic heterocycles. The molecule has 0 aliphatic carbocycles. The molecule has 0 unspecified atom stereocenters. The van der Waals surface area contributed by atoms with E-state index in [0.29, 0.717) is 155 Å². The molecule has 3 saturated heterocycles. The van der Waals surface area contributed by atoms with E-state index in [1.165, 1.54) is 23.8 Å². The first-order chi connectivity index (χ1) is 63.4. The summed E-state index contributed by atoms with van der Waals surface area (Å²) < 4.78 is 97.5. The Morgan fingerprint density at radius 3 is 1.26 bits per heavy atom. The molecule has 25 heteroatoms. The zero-order valence-corrected chi connectivity index (χ0v) is 76.4. The van der Waals surface area contributed by atoms with Gasteiger partial charge < -0.3 is 107 Å². The van der Waals surface area contributed by atoms with Gasteiger partial charge in [-0.2, -0.15) is 0 Å². The number of esters is 1. The van der Waals surface area contributed by atoms with Crippen molar-refractivity contribution in [2.24, 2.45) is 0 Å². The molecule has 0 spiro atoms. The lowest BCUT2D eigenvalue weighted by Crippen LogP contribution is -2.41. The number of rotatable bonds is 53.